The van der Waals surface area contributed by atoms with Gasteiger partial charge in [-0.25, -0.2) is 4.79 Å². The minimum atomic E-state index is -0.977. The van der Waals surface area contributed by atoms with Crippen molar-refractivity contribution in [2.75, 3.05) is 5.73 Å². The predicted octanol–water partition coefficient (Wildman–Crippen LogP) is 1.53. The van der Waals surface area contributed by atoms with E-state index in [1.54, 1.807) is 12.1 Å². The quantitative estimate of drug-likeness (QED) is 0.653. The number of aromatic carboxylic acids is 1. The molecule has 0 bridgehead atoms. The van der Waals surface area contributed by atoms with Crippen LogP contribution in [0.15, 0.2) is 18.2 Å². The maximum Gasteiger partial charge on any atom is 0.337 e. The van der Waals surface area contributed by atoms with Crippen LogP contribution >= 0.6 is 0 Å². The molecule has 0 unspecified atom stereocenters. The van der Waals surface area contributed by atoms with Gasteiger partial charge in [-0.05, 0) is 24.1 Å². The molecular weight excluding hydrogens is 154 g/mol. The molecule has 1 rings (SSSR count). The van der Waals surface area contributed by atoms with E-state index in [9.17, 15) is 4.79 Å². The Labute approximate surface area is 70.8 Å². The number of hydrogen-bond acceptors (Lipinski definition) is 2. The highest BCUT2D eigenvalue weighted by molar-refractivity contribution is 5.93. The molecule has 0 radical (unpaired) electrons. The first-order valence-corrected chi connectivity index (χ1v) is 3.77. The number of anilines is 1. The summed E-state index contributed by atoms with van der Waals surface area (Å²) in [6.07, 6.45) is 0.865. The molecular formula is C9H11NO2. The van der Waals surface area contributed by atoms with E-state index in [4.69, 9.17) is 10.8 Å². The number of nitrogens with two attached hydrogens (primary N) is 1. The van der Waals surface area contributed by atoms with Gasteiger partial charge in [-0.3, -0.25) is 0 Å². The number of carboxylic acid groups (broad SMARTS) is 1. The number of rotatable bonds is 2. The van der Waals surface area contributed by atoms with Gasteiger partial charge in [-0.2, -0.15) is 0 Å². The van der Waals surface area contributed by atoms with Crippen LogP contribution in [-0.4, -0.2) is 11.1 Å². The van der Waals surface area contributed by atoms with E-state index in [1.807, 2.05) is 6.92 Å². The monoisotopic (exact) mass is 165 g/mol. The Hall–Kier alpha value is -1.51. The Balaban J connectivity index is 3.12. The van der Waals surface area contributed by atoms with Gasteiger partial charge in [0.15, 0.2) is 0 Å². The van der Waals surface area contributed by atoms with Crippen LogP contribution in [0.3, 0.4) is 0 Å². The smallest absolute Gasteiger partial charge is 0.337 e. The lowest BCUT2D eigenvalue weighted by atomic mass is 10.1. The van der Waals surface area contributed by atoms with Crippen molar-refractivity contribution in [3.8, 4) is 0 Å². The van der Waals surface area contributed by atoms with Crippen molar-refractivity contribution in [2.45, 2.75) is 13.3 Å². The Kier molecular flexibility index (Phi) is 2.33. The second-order valence-corrected chi connectivity index (χ2v) is 2.58. The van der Waals surface area contributed by atoms with E-state index in [-0.39, 0.29) is 5.56 Å². The fourth-order valence-corrected chi connectivity index (χ4v) is 1.03. The van der Waals surface area contributed by atoms with Crippen molar-refractivity contribution in [1.82, 2.24) is 0 Å². The normalized spacial score (nSPS) is 9.75. The van der Waals surface area contributed by atoms with Gasteiger partial charge in [0.2, 0.25) is 0 Å². The zero-order chi connectivity index (χ0) is 9.14. The van der Waals surface area contributed by atoms with Gasteiger partial charge < -0.3 is 10.8 Å². The molecule has 0 spiro atoms. The van der Waals surface area contributed by atoms with Crippen LogP contribution in [0.25, 0.3) is 0 Å². The average Bonchev–Trinajstić information content (AvgIpc) is 2.03. The van der Waals surface area contributed by atoms with Gasteiger partial charge in [-0.1, -0.05) is 13.0 Å². The number of hydrogen-bond donors (Lipinski definition) is 2. The first-order valence-electron chi connectivity index (χ1n) is 3.77. The molecule has 64 valence electrons. The maximum absolute atomic E-state index is 10.5. The van der Waals surface area contributed by atoms with Gasteiger partial charge in [0, 0.05) is 5.69 Å². The minimum absolute atomic E-state index is 0.173. The summed E-state index contributed by atoms with van der Waals surface area (Å²) in [7, 11) is 0. The van der Waals surface area contributed by atoms with Crippen LogP contribution in [0.2, 0.25) is 0 Å². The topological polar surface area (TPSA) is 63.3 Å². The zero-order valence-electron chi connectivity index (χ0n) is 6.87. The fraction of sp³-hybridized carbons (Fsp3) is 0.222. The second-order valence-electron chi connectivity index (χ2n) is 2.58. The summed E-state index contributed by atoms with van der Waals surface area (Å²) in [6.45, 7) is 2.00. The molecule has 1 aromatic carbocycles. The highest BCUT2D eigenvalue weighted by atomic mass is 16.4. The molecule has 0 aliphatic rings. The Morgan fingerprint density at radius 1 is 1.58 bits per heavy atom. The molecule has 0 aromatic heterocycles. The van der Waals surface area contributed by atoms with Crippen LogP contribution < -0.4 is 5.73 Å². The summed E-state index contributed by atoms with van der Waals surface area (Å²) in [5, 5.41) is 8.65. The fourth-order valence-electron chi connectivity index (χ4n) is 1.03. The first-order chi connectivity index (χ1) is 5.65. The third-order valence-electron chi connectivity index (χ3n) is 1.75. The molecule has 3 heteroatoms. The molecule has 3 nitrogen and oxygen atoms in total. The van der Waals surface area contributed by atoms with E-state index < -0.39 is 5.97 Å². The van der Waals surface area contributed by atoms with E-state index in [2.05, 4.69) is 0 Å². The second kappa shape index (κ2) is 3.26. The van der Waals surface area contributed by atoms with Crippen molar-refractivity contribution < 1.29 is 9.90 Å². The summed E-state index contributed by atoms with van der Waals surface area (Å²) in [6, 6.07) is 5.01. The summed E-state index contributed by atoms with van der Waals surface area (Å²) in [5.41, 5.74) is 7.08. The van der Waals surface area contributed by atoms with Crippen LogP contribution in [0.4, 0.5) is 5.69 Å². The highest BCUT2D eigenvalue weighted by Crippen LogP contribution is 2.14. The van der Waals surface area contributed by atoms with Gasteiger partial charge >= 0.3 is 5.97 Å². The SMILES string of the molecule is CCc1ccc(C(=O)O)c(N)c1. The Bertz CT molecular complexity index is 307. The number of carbonyl (C=O) groups is 1. The van der Waals surface area contributed by atoms with Crippen molar-refractivity contribution >= 4 is 11.7 Å². The van der Waals surface area contributed by atoms with Crippen LogP contribution in [0.5, 0.6) is 0 Å². The summed E-state index contributed by atoms with van der Waals surface area (Å²) < 4.78 is 0. The van der Waals surface area contributed by atoms with E-state index in [1.165, 1.54) is 6.07 Å². The lowest BCUT2D eigenvalue weighted by Crippen LogP contribution is -2.02. The van der Waals surface area contributed by atoms with Crippen LogP contribution in [0.1, 0.15) is 22.8 Å². The molecule has 0 saturated heterocycles. The number of benzene rings is 1. The molecule has 0 amide bonds. The van der Waals surface area contributed by atoms with Gasteiger partial charge in [-0.15, -0.1) is 0 Å². The molecule has 0 aliphatic carbocycles. The lowest BCUT2D eigenvalue weighted by molar-refractivity contribution is 0.0698. The molecule has 0 aliphatic heterocycles. The zero-order valence-corrected chi connectivity index (χ0v) is 6.87. The summed E-state index contributed by atoms with van der Waals surface area (Å²) in [4.78, 5) is 10.5. The third kappa shape index (κ3) is 1.56. The first kappa shape index (κ1) is 8.59. The van der Waals surface area contributed by atoms with E-state index in [0.29, 0.717) is 5.69 Å². The molecule has 1 aromatic rings. The third-order valence-corrected chi connectivity index (χ3v) is 1.75. The Morgan fingerprint density at radius 2 is 2.25 bits per heavy atom. The minimum Gasteiger partial charge on any atom is -0.478 e. The van der Waals surface area contributed by atoms with Crippen molar-refractivity contribution in [3.05, 3.63) is 29.3 Å². The van der Waals surface area contributed by atoms with E-state index in [0.717, 1.165) is 12.0 Å². The van der Waals surface area contributed by atoms with Crippen molar-refractivity contribution in [1.29, 1.82) is 0 Å². The number of carboxylic acids is 1. The lowest BCUT2D eigenvalue weighted by Gasteiger charge is -2.02. The predicted molar refractivity (Wildman–Crippen MR) is 47.2 cm³/mol. The largest absolute Gasteiger partial charge is 0.478 e. The maximum atomic E-state index is 10.5. The van der Waals surface area contributed by atoms with Crippen LogP contribution in [0, 0.1) is 0 Å². The van der Waals surface area contributed by atoms with Gasteiger partial charge in [0.25, 0.3) is 0 Å². The number of nitrogen functional groups attached to an aromatic ring is 1. The van der Waals surface area contributed by atoms with E-state index >= 15 is 0 Å². The summed E-state index contributed by atoms with van der Waals surface area (Å²) in [5.74, 6) is -0.977. The molecule has 3 N–H and O–H groups in total. The summed E-state index contributed by atoms with van der Waals surface area (Å²) >= 11 is 0. The molecule has 0 atom stereocenters. The standard InChI is InChI=1S/C9H11NO2/c1-2-6-3-4-7(9(11)12)8(10)5-6/h3-5H,2,10H2,1H3,(H,11,12). The van der Waals surface area contributed by atoms with Gasteiger partial charge in [0.1, 0.15) is 0 Å². The molecule has 12 heavy (non-hydrogen) atoms. The van der Waals surface area contributed by atoms with Crippen molar-refractivity contribution in [2.24, 2.45) is 0 Å². The van der Waals surface area contributed by atoms with Crippen molar-refractivity contribution in [3.63, 3.8) is 0 Å². The molecule has 0 fully saturated rings. The molecule has 0 saturated carbocycles. The highest BCUT2D eigenvalue weighted by Gasteiger charge is 2.06. The molecule has 0 heterocycles. The number of aryl methyl sites for hydroxylation is 1. The van der Waals surface area contributed by atoms with Crippen LogP contribution in [-0.2, 0) is 6.42 Å². The Morgan fingerprint density at radius 3 is 2.67 bits per heavy atom. The van der Waals surface area contributed by atoms with Gasteiger partial charge in [0.05, 0.1) is 5.56 Å². The average molecular weight is 165 g/mol.